The molecule has 8 aromatic heterocycles. The van der Waals surface area contributed by atoms with E-state index in [0.717, 1.165) is 67.5 Å². The van der Waals surface area contributed by atoms with Crippen molar-refractivity contribution in [3.05, 3.63) is 356 Å². The molecule has 0 spiro atoms. The highest BCUT2D eigenvalue weighted by Gasteiger charge is 2.20. The van der Waals surface area contributed by atoms with Gasteiger partial charge in [-0.05, 0) is 181 Å². The smallest absolute Gasteiger partial charge is 0.232 e. The molecule has 0 atom stereocenters. The topological polar surface area (TPSA) is 402 Å². The van der Waals surface area contributed by atoms with E-state index >= 15 is 0 Å². The molecule has 1 saturated carbocycles. The fourth-order valence-corrected chi connectivity index (χ4v) is 14.3. The monoisotopic (exact) mass is 1930 g/mol. The van der Waals surface area contributed by atoms with E-state index in [9.17, 15) is 0 Å². The van der Waals surface area contributed by atoms with E-state index in [1.165, 1.54) is 48.8 Å². The molecule has 18 aromatic rings. The summed E-state index contributed by atoms with van der Waals surface area (Å²) in [5.41, 5.74) is 14.9. The molecule has 0 amide bonds. The van der Waals surface area contributed by atoms with Crippen LogP contribution in [-0.4, -0.2) is 136 Å². The summed E-state index contributed by atoms with van der Waals surface area (Å²) in [6.07, 6.45) is 11.5. The van der Waals surface area contributed by atoms with Crippen molar-refractivity contribution >= 4 is 99.8 Å². The molecule has 8 heterocycles. The van der Waals surface area contributed by atoms with Gasteiger partial charge in [0.1, 0.15) is 0 Å². The lowest BCUT2D eigenvalue weighted by molar-refractivity contribution is 0.461. The second kappa shape index (κ2) is 53.5. The summed E-state index contributed by atoms with van der Waals surface area (Å²) >= 11 is 0. The Morgan fingerprint density at radius 1 is 0.228 bits per heavy atom. The largest absolute Gasteiger partial charge is 0.352 e. The van der Waals surface area contributed by atoms with Crippen molar-refractivity contribution in [2.45, 2.75) is 165 Å². The summed E-state index contributed by atoms with van der Waals surface area (Å²) in [7, 11) is 0. The van der Waals surface area contributed by atoms with E-state index in [4.69, 9.17) is 0 Å². The molecule has 145 heavy (non-hydrogen) atoms. The highest BCUT2D eigenvalue weighted by Crippen LogP contribution is 2.30. The number of anilines is 17. The lowest BCUT2D eigenvalue weighted by atomic mass is 9.96. The van der Waals surface area contributed by atoms with Crippen LogP contribution in [-0.2, 0) is 6.54 Å². The summed E-state index contributed by atoms with van der Waals surface area (Å²) in [4.78, 5) is 89.8. The third-order valence-electron chi connectivity index (χ3n) is 21.0. The number of hydrogen-bond donors (Lipinski definition) is 12. The zero-order chi connectivity index (χ0) is 101. The van der Waals surface area contributed by atoms with Gasteiger partial charge in [0.2, 0.25) is 71.4 Å². The summed E-state index contributed by atoms with van der Waals surface area (Å²) < 4.78 is 0. The van der Waals surface area contributed by atoms with E-state index in [2.05, 4.69) is 276 Å². The third-order valence-corrected chi connectivity index (χ3v) is 21.0. The van der Waals surface area contributed by atoms with Crippen molar-refractivity contribution in [2.75, 3.05) is 63.8 Å². The second-order valence-corrected chi connectivity index (χ2v) is 35.5. The van der Waals surface area contributed by atoms with E-state index in [1.54, 1.807) is 18.6 Å². The first-order chi connectivity index (χ1) is 70.6. The normalized spacial score (nSPS) is 11.4. The Kier molecular flexibility index (Phi) is 38.0. The molecule has 1 aliphatic rings. The molecular weight excluding hydrogens is 1810 g/mol. The van der Waals surface area contributed by atoms with Gasteiger partial charge in [-0.15, -0.1) is 0 Å². The molecule has 0 radical (unpaired) electrons. The van der Waals surface area contributed by atoms with E-state index < -0.39 is 0 Å². The second-order valence-electron chi connectivity index (χ2n) is 35.5. The number of benzene rings is 10. The molecule has 32 heteroatoms. The Balaban J connectivity index is 0.000000138. The number of para-hydroxylation sites is 1. The number of nitrogens with zero attached hydrogens (tertiary/aromatic N) is 20. The molecule has 0 unspecified atom stereocenters. The van der Waals surface area contributed by atoms with E-state index in [0.29, 0.717) is 119 Å². The van der Waals surface area contributed by atoms with Crippen molar-refractivity contribution < 1.29 is 0 Å². The van der Waals surface area contributed by atoms with Crippen molar-refractivity contribution in [1.82, 2.24) is 99.7 Å². The minimum atomic E-state index is 0.231. The van der Waals surface area contributed by atoms with Crippen molar-refractivity contribution in [3.63, 3.8) is 0 Å². The molecule has 32 nitrogen and oxygen atoms in total. The number of aromatic nitrogens is 20. The first-order valence-electron chi connectivity index (χ1n) is 48.7. The number of rotatable bonds is 31. The molecule has 736 valence electrons. The zero-order valence-electron chi connectivity index (χ0n) is 83.9. The van der Waals surface area contributed by atoms with Gasteiger partial charge >= 0.3 is 0 Å². The number of hydrogen-bond acceptors (Lipinski definition) is 32. The summed E-state index contributed by atoms with van der Waals surface area (Å²) in [6, 6.07) is 105. The van der Waals surface area contributed by atoms with Gasteiger partial charge in [-0.1, -0.05) is 273 Å². The quantitative estimate of drug-likeness (QED) is 0.0192. The van der Waals surface area contributed by atoms with Crippen LogP contribution in [0.3, 0.4) is 0 Å². The molecule has 0 bridgehead atoms. The molecule has 1 fully saturated rings. The lowest BCUT2D eigenvalue weighted by Gasteiger charge is -2.23. The fourth-order valence-electron chi connectivity index (χ4n) is 14.3. The Morgan fingerprint density at radius 2 is 0.497 bits per heavy atom. The minimum absolute atomic E-state index is 0.231. The molecule has 19 rings (SSSR count). The van der Waals surface area contributed by atoms with Crippen LogP contribution in [0.5, 0.6) is 0 Å². The van der Waals surface area contributed by atoms with Crippen LogP contribution in [0, 0.1) is 20.8 Å². The highest BCUT2D eigenvalue weighted by atomic mass is 15.3. The number of aryl methyl sites for hydroxylation is 3. The molecule has 1 aliphatic carbocycles. The highest BCUT2D eigenvalue weighted by molar-refractivity contribution is 5.68. The first-order valence-corrected chi connectivity index (χ1v) is 48.7. The molecule has 0 aliphatic heterocycles. The van der Waals surface area contributed by atoms with Crippen molar-refractivity contribution in [3.8, 4) is 68.3 Å². The van der Waals surface area contributed by atoms with Gasteiger partial charge in [0.15, 0.2) is 34.9 Å². The Morgan fingerprint density at radius 3 is 0.814 bits per heavy atom. The SMILES string of the molecule is CC(C)Nc1nc(NC2CCCCC2)nc(-c2ccccc2)n1.CC(C)Nc1nc(Nc2ccncc2)nc(-c2ccccc2)n1.Cc1ccc(Nc2nc(NC(C)C)nc(-c3ccccc3)n2)cc1.Cc1ccc(Nc2nc(NC(C)C)nc(-c3ccccc3)n2)cc1.Cc1cccc(Nc2nc(NC(C)C)nc(-c3ccccc3)n2)c1.c1ccc(Nc2nc(NCc3ccccn3)nc(-c3ccccc3)n2)cc1. The maximum atomic E-state index is 4.63. The Hall–Kier alpha value is -17.8. The third kappa shape index (κ3) is 34.6. The Bertz CT molecular complexity index is 6800. The van der Waals surface area contributed by atoms with Gasteiger partial charge in [-0.25, -0.2) is 0 Å². The minimum Gasteiger partial charge on any atom is -0.352 e. The van der Waals surface area contributed by atoms with Crippen molar-refractivity contribution in [1.29, 1.82) is 0 Å². The van der Waals surface area contributed by atoms with E-state index in [1.807, 2.05) is 293 Å². The number of pyridine rings is 2. The summed E-state index contributed by atoms with van der Waals surface area (Å²) in [5.74, 6) is 10.5. The molecule has 10 aromatic carbocycles. The van der Waals surface area contributed by atoms with Crippen LogP contribution in [0.1, 0.15) is 124 Å². The zero-order valence-corrected chi connectivity index (χ0v) is 83.9. The average molecular weight is 1930 g/mol. The van der Waals surface area contributed by atoms with Gasteiger partial charge in [-0.2, -0.15) is 89.7 Å². The Labute approximate surface area is 848 Å². The van der Waals surface area contributed by atoms with E-state index in [-0.39, 0.29) is 30.2 Å². The van der Waals surface area contributed by atoms with Crippen LogP contribution in [0.4, 0.5) is 99.8 Å². The first kappa shape index (κ1) is 103. The van der Waals surface area contributed by atoms with Crippen molar-refractivity contribution in [2.24, 2.45) is 0 Å². The van der Waals surface area contributed by atoms with Crippen LogP contribution in [0.15, 0.2) is 334 Å². The summed E-state index contributed by atoms with van der Waals surface area (Å²) in [5, 5.41) is 39.2. The predicted molar refractivity (Wildman–Crippen MR) is 588 cm³/mol. The van der Waals surface area contributed by atoms with Crippen LogP contribution in [0.25, 0.3) is 68.3 Å². The molecular formula is C113H124N32. The molecule has 12 N–H and O–H groups in total. The van der Waals surface area contributed by atoms with Crippen LogP contribution < -0.4 is 63.8 Å². The van der Waals surface area contributed by atoms with Crippen LogP contribution >= 0.6 is 0 Å². The van der Waals surface area contributed by atoms with Gasteiger partial charge in [0, 0.05) is 117 Å². The van der Waals surface area contributed by atoms with Gasteiger partial charge in [0.25, 0.3) is 0 Å². The van der Waals surface area contributed by atoms with Gasteiger partial charge in [0.05, 0.1) is 12.2 Å². The standard InChI is InChI=1S/C21H18N6.3C19H21N5.C18H25N5.C17H18N6/c1-3-9-16(10-4-1)19-25-20(23-15-18-13-7-8-14-22-18)27-21(26-19)24-17-11-5-2-6-12-17;1-13(2)20-18-22-17(15-9-5-4-6-10-15)23-19(24-18)21-16-11-7-8-14(3)12-16;2*1-13(2)20-18-22-17(15-7-5-4-6-8-15)23-19(24-18)21-16-11-9-14(3)10-12-16;1-13(2)19-17-21-16(14-9-5-3-6-10-14)22-18(23-17)20-15-11-7-4-8-12-15;1-12(2)19-16-21-15(13-6-4-3-5-7-13)22-17(23-16)20-14-8-10-18-11-9-14/h1-14H,15H2,(H2,23,24,25,26,27);3*4-13H,1-3H3,(H2,20,21,22,23,24);3,5-6,9-10,13,15H,4,7-8,11-12H2,1-2H3,(H2,19,20,21,22,23);3-12H,1-2H3,(H2,18,19,20,21,22,23). The lowest BCUT2D eigenvalue weighted by Crippen LogP contribution is -2.24. The van der Waals surface area contributed by atoms with Gasteiger partial charge < -0.3 is 63.8 Å². The maximum absolute atomic E-state index is 4.63. The van der Waals surface area contributed by atoms with Gasteiger partial charge in [-0.3, -0.25) is 9.97 Å². The average Bonchev–Trinajstić information content (AvgIpc) is 0.847. The van der Waals surface area contributed by atoms with Crippen LogP contribution in [0.2, 0.25) is 0 Å². The summed E-state index contributed by atoms with van der Waals surface area (Å²) in [6.45, 7) is 27.3. The fraction of sp³-hybridized carbons (Fsp3) is 0.221. The maximum Gasteiger partial charge on any atom is 0.232 e. The molecule has 0 saturated heterocycles. The predicted octanol–water partition coefficient (Wildman–Crippen LogP) is 25.1. The number of nitrogens with one attached hydrogen (secondary N) is 12.